The third kappa shape index (κ3) is 3.02. The van der Waals surface area contributed by atoms with Crippen LogP contribution >= 0.6 is 0 Å². The standard InChI is InChI=1S/C13H21NO4/c1-8(2)18-7-12(15)14-5-10(9-3-4-9)11(6-14)13(16)17/h8-11H,3-7H2,1-2H3,(H,16,17)/t10-,11+/m1/s1. The summed E-state index contributed by atoms with van der Waals surface area (Å²) in [5.74, 6) is -0.592. The third-order valence-electron chi connectivity index (χ3n) is 3.80. The third-order valence-corrected chi connectivity index (χ3v) is 3.80. The summed E-state index contributed by atoms with van der Waals surface area (Å²) >= 11 is 0. The SMILES string of the molecule is CC(C)OCC(=O)N1C[C@H](C(=O)O)[C@@H](C2CC2)C1. The van der Waals surface area contributed by atoms with Crippen molar-refractivity contribution in [2.45, 2.75) is 32.8 Å². The Labute approximate surface area is 107 Å². The number of nitrogens with zero attached hydrogens (tertiary/aromatic N) is 1. The Kier molecular flexibility index (Phi) is 3.90. The molecule has 0 aromatic rings. The molecular formula is C13H21NO4. The number of hydrogen-bond acceptors (Lipinski definition) is 3. The number of rotatable bonds is 5. The van der Waals surface area contributed by atoms with Crippen molar-refractivity contribution in [2.24, 2.45) is 17.8 Å². The van der Waals surface area contributed by atoms with Crippen molar-refractivity contribution in [1.82, 2.24) is 4.90 Å². The fourth-order valence-corrected chi connectivity index (χ4v) is 2.63. The van der Waals surface area contributed by atoms with Crippen molar-refractivity contribution in [3.05, 3.63) is 0 Å². The number of amides is 1. The molecule has 0 radical (unpaired) electrons. The molecule has 0 spiro atoms. The van der Waals surface area contributed by atoms with E-state index in [4.69, 9.17) is 4.74 Å². The maximum atomic E-state index is 11.9. The molecule has 0 aromatic heterocycles. The van der Waals surface area contributed by atoms with Crippen LogP contribution in [0.4, 0.5) is 0 Å². The monoisotopic (exact) mass is 255 g/mol. The summed E-state index contributed by atoms with van der Waals surface area (Å²) in [5.41, 5.74) is 0. The predicted octanol–water partition coefficient (Wildman–Crippen LogP) is 0.981. The Morgan fingerprint density at radius 2 is 2.00 bits per heavy atom. The summed E-state index contributed by atoms with van der Waals surface area (Å²) in [6, 6.07) is 0. The maximum Gasteiger partial charge on any atom is 0.308 e. The van der Waals surface area contributed by atoms with E-state index < -0.39 is 5.97 Å². The van der Waals surface area contributed by atoms with Gasteiger partial charge in [-0.05, 0) is 38.5 Å². The van der Waals surface area contributed by atoms with Crippen LogP contribution in [0.2, 0.25) is 0 Å². The Hall–Kier alpha value is -1.10. The summed E-state index contributed by atoms with van der Waals surface area (Å²) in [7, 11) is 0. The molecule has 1 aliphatic heterocycles. The number of carbonyl (C=O) groups excluding carboxylic acids is 1. The minimum Gasteiger partial charge on any atom is -0.481 e. The van der Waals surface area contributed by atoms with E-state index in [1.165, 1.54) is 0 Å². The van der Waals surface area contributed by atoms with E-state index in [0.717, 1.165) is 12.8 Å². The number of carboxylic acid groups (broad SMARTS) is 1. The van der Waals surface area contributed by atoms with Gasteiger partial charge >= 0.3 is 5.97 Å². The van der Waals surface area contributed by atoms with Gasteiger partial charge in [0, 0.05) is 13.1 Å². The van der Waals surface area contributed by atoms with Gasteiger partial charge in [-0.25, -0.2) is 0 Å². The van der Waals surface area contributed by atoms with Crippen molar-refractivity contribution in [3.8, 4) is 0 Å². The first-order valence-electron chi connectivity index (χ1n) is 6.61. The van der Waals surface area contributed by atoms with Crippen molar-refractivity contribution < 1.29 is 19.4 Å². The average molecular weight is 255 g/mol. The molecule has 2 fully saturated rings. The number of carbonyl (C=O) groups is 2. The van der Waals surface area contributed by atoms with Crippen LogP contribution in [0, 0.1) is 17.8 Å². The number of likely N-dealkylation sites (tertiary alicyclic amines) is 1. The highest BCUT2D eigenvalue weighted by molar-refractivity contribution is 5.80. The van der Waals surface area contributed by atoms with Crippen molar-refractivity contribution in [3.63, 3.8) is 0 Å². The van der Waals surface area contributed by atoms with E-state index >= 15 is 0 Å². The summed E-state index contributed by atoms with van der Waals surface area (Å²) in [6.07, 6.45) is 2.24. The van der Waals surface area contributed by atoms with Gasteiger partial charge in [-0.1, -0.05) is 0 Å². The second-order valence-electron chi connectivity index (χ2n) is 5.60. The van der Waals surface area contributed by atoms with Gasteiger partial charge in [-0.3, -0.25) is 9.59 Å². The summed E-state index contributed by atoms with van der Waals surface area (Å²) in [5, 5.41) is 9.21. The van der Waals surface area contributed by atoms with Crippen LogP contribution < -0.4 is 0 Å². The van der Waals surface area contributed by atoms with Gasteiger partial charge in [0.25, 0.3) is 0 Å². The summed E-state index contributed by atoms with van der Waals surface area (Å²) in [6.45, 7) is 4.74. The predicted molar refractivity (Wildman–Crippen MR) is 65.0 cm³/mol. The first-order chi connectivity index (χ1) is 8.49. The normalized spacial score (nSPS) is 27.8. The molecule has 0 bridgehead atoms. The Morgan fingerprint density at radius 3 is 2.50 bits per heavy atom. The lowest BCUT2D eigenvalue weighted by atomic mass is 9.92. The molecule has 5 nitrogen and oxygen atoms in total. The number of aliphatic carboxylic acids is 1. The van der Waals surface area contributed by atoms with Crippen LogP contribution in [0.1, 0.15) is 26.7 Å². The molecular weight excluding hydrogens is 234 g/mol. The lowest BCUT2D eigenvalue weighted by Crippen LogP contribution is -2.33. The highest BCUT2D eigenvalue weighted by atomic mass is 16.5. The summed E-state index contributed by atoms with van der Waals surface area (Å²) in [4.78, 5) is 24.8. The second-order valence-corrected chi connectivity index (χ2v) is 5.60. The van der Waals surface area contributed by atoms with Crippen LogP contribution in [0.5, 0.6) is 0 Å². The van der Waals surface area contributed by atoms with Crippen LogP contribution in [0.3, 0.4) is 0 Å². The highest BCUT2D eigenvalue weighted by Gasteiger charge is 2.46. The van der Waals surface area contributed by atoms with E-state index in [2.05, 4.69) is 0 Å². The van der Waals surface area contributed by atoms with Crippen LogP contribution in [-0.4, -0.2) is 47.7 Å². The largest absolute Gasteiger partial charge is 0.481 e. The fraction of sp³-hybridized carbons (Fsp3) is 0.846. The smallest absolute Gasteiger partial charge is 0.308 e. The first kappa shape index (κ1) is 13.3. The number of carboxylic acids is 1. The molecule has 1 aliphatic carbocycles. The lowest BCUT2D eigenvalue weighted by molar-refractivity contribution is -0.143. The molecule has 0 aromatic carbocycles. The van der Waals surface area contributed by atoms with Gasteiger partial charge in [0.15, 0.2) is 0 Å². The molecule has 18 heavy (non-hydrogen) atoms. The summed E-state index contributed by atoms with van der Waals surface area (Å²) < 4.78 is 5.28. The first-order valence-corrected chi connectivity index (χ1v) is 6.61. The van der Waals surface area contributed by atoms with Gasteiger partial charge in [-0.2, -0.15) is 0 Å². The molecule has 2 aliphatic rings. The minimum atomic E-state index is -0.771. The molecule has 102 valence electrons. The van der Waals surface area contributed by atoms with Crippen molar-refractivity contribution in [2.75, 3.05) is 19.7 Å². The highest BCUT2D eigenvalue weighted by Crippen LogP contribution is 2.44. The van der Waals surface area contributed by atoms with Crippen LogP contribution in [-0.2, 0) is 14.3 Å². The zero-order valence-corrected chi connectivity index (χ0v) is 11.0. The van der Waals surface area contributed by atoms with E-state index in [1.54, 1.807) is 4.90 Å². The van der Waals surface area contributed by atoms with Crippen molar-refractivity contribution >= 4 is 11.9 Å². The van der Waals surface area contributed by atoms with Gasteiger partial charge < -0.3 is 14.7 Å². The number of hydrogen-bond donors (Lipinski definition) is 1. The van der Waals surface area contributed by atoms with E-state index in [0.29, 0.717) is 19.0 Å². The Morgan fingerprint density at radius 1 is 1.33 bits per heavy atom. The Balaban J connectivity index is 1.91. The van der Waals surface area contributed by atoms with Gasteiger partial charge in [0.05, 0.1) is 12.0 Å². The van der Waals surface area contributed by atoms with Gasteiger partial charge in [0.2, 0.25) is 5.91 Å². The lowest BCUT2D eigenvalue weighted by Gasteiger charge is -2.17. The average Bonchev–Trinajstić information content (AvgIpc) is 3.04. The van der Waals surface area contributed by atoms with Crippen LogP contribution in [0.25, 0.3) is 0 Å². The molecule has 1 heterocycles. The molecule has 2 atom stereocenters. The fourth-order valence-electron chi connectivity index (χ4n) is 2.63. The zero-order valence-electron chi connectivity index (χ0n) is 11.0. The molecule has 1 amide bonds. The molecule has 1 N–H and O–H groups in total. The second kappa shape index (κ2) is 5.26. The van der Waals surface area contributed by atoms with Gasteiger partial charge in [0.1, 0.15) is 6.61 Å². The molecule has 5 heteroatoms. The van der Waals surface area contributed by atoms with Crippen molar-refractivity contribution in [1.29, 1.82) is 0 Å². The number of ether oxygens (including phenoxy) is 1. The van der Waals surface area contributed by atoms with Crippen LogP contribution in [0.15, 0.2) is 0 Å². The zero-order chi connectivity index (χ0) is 13.3. The molecule has 1 saturated carbocycles. The topological polar surface area (TPSA) is 66.8 Å². The molecule has 2 rings (SSSR count). The minimum absolute atomic E-state index is 0.0195. The molecule has 0 unspecified atom stereocenters. The van der Waals surface area contributed by atoms with E-state index in [-0.39, 0.29) is 30.5 Å². The van der Waals surface area contributed by atoms with E-state index in [9.17, 15) is 14.7 Å². The maximum absolute atomic E-state index is 11.9. The molecule has 1 saturated heterocycles. The van der Waals surface area contributed by atoms with Gasteiger partial charge in [-0.15, -0.1) is 0 Å². The Bertz CT molecular complexity index is 338. The van der Waals surface area contributed by atoms with E-state index in [1.807, 2.05) is 13.8 Å². The quantitative estimate of drug-likeness (QED) is 0.795.